The Hall–Kier alpha value is -2.34. The second-order valence-corrected chi connectivity index (χ2v) is 8.62. The van der Waals surface area contributed by atoms with Crippen molar-refractivity contribution < 1.29 is 14.3 Å². The maximum absolute atomic E-state index is 13.5. The van der Waals surface area contributed by atoms with Crippen LogP contribution in [-0.4, -0.2) is 36.4 Å². The molecule has 6 heteroatoms. The van der Waals surface area contributed by atoms with Crippen LogP contribution in [0.3, 0.4) is 0 Å². The van der Waals surface area contributed by atoms with Gasteiger partial charge in [0, 0.05) is 29.6 Å². The van der Waals surface area contributed by atoms with Gasteiger partial charge in [0.15, 0.2) is 0 Å². The van der Waals surface area contributed by atoms with Crippen LogP contribution < -0.4 is 9.64 Å². The highest BCUT2D eigenvalue weighted by molar-refractivity contribution is 7.09. The highest BCUT2D eigenvalue weighted by Gasteiger charge is 2.40. The Morgan fingerprint density at radius 2 is 1.96 bits per heavy atom. The van der Waals surface area contributed by atoms with Crippen molar-refractivity contribution in [2.24, 2.45) is 5.92 Å². The van der Waals surface area contributed by atoms with Crippen molar-refractivity contribution in [2.75, 3.05) is 18.6 Å². The number of anilines is 1. The molecule has 1 aromatic heterocycles. The van der Waals surface area contributed by atoms with Crippen LogP contribution in [-0.2, 0) is 16.1 Å². The SMILES string of the molecule is COc1ccc(N(Cc2cccs2)C(=O)[C@@H]2CC(=O)N(C3CCCC3)C2)cc1. The van der Waals surface area contributed by atoms with Crippen LogP contribution in [0.1, 0.15) is 37.0 Å². The summed E-state index contributed by atoms with van der Waals surface area (Å²) in [4.78, 5) is 30.9. The minimum absolute atomic E-state index is 0.0346. The largest absolute Gasteiger partial charge is 0.497 e. The molecule has 0 unspecified atom stereocenters. The van der Waals surface area contributed by atoms with E-state index in [1.165, 1.54) is 12.8 Å². The minimum Gasteiger partial charge on any atom is -0.497 e. The summed E-state index contributed by atoms with van der Waals surface area (Å²) in [6.45, 7) is 1.08. The van der Waals surface area contributed by atoms with Crippen LogP contribution in [0.5, 0.6) is 5.75 Å². The van der Waals surface area contributed by atoms with Crippen molar-refractivity contribution in [2.45, 2.75) is 44.7 Å². The van der Waals surface area contributed by atoms with Gasteiger partial charge in [-0.05, 0) is 48.6 Å². The van der Waals surface area contributed by atoms with E-state index in [0.29, 0.717) is 25.6 Å². The highest BCUT2D eigenvalue weighted by Crippen LogP contribution is 2.32. The molecule has 1 aliphatic carbocycles. The standard InChI is InChI=1S/C22H26N2O3S/c1-27-19-10-8-18(9-11-19)24(15-20-7-4-12-28-20)22(26)16-13-21(25)23(14-16)17-5-2-3-6-17/h4,7-12,16-17H,2-3,5-6,13-15H2,1H3/t16-/m1/s1. The van der Waals surface area contributed by atoms with E-state index in [1.807, 2.05) is 51.6 Å². The van der Waals surface area contributed by atoms with Gasteiger partial charge in [0.1, 0.15) is 5.75 Å². The Balaban J connectivity index is 1.54. The summed E-state index contributed by atoms with van der Waals surface area (Å²) < 4.78 is 5.25. The zero-order valence-electron chi connectivity index (χ0n) is 16.2. The molecule has 5 nitrogen and oxygen atoms in total. The van der Waals surface area contributed by atoms with Gasteiger partial charge < -0.3 is 14.5 Å². The number of hydrogen-bond acceptors (Lipinski definition) is 4. The third-order valence-electron chi connectivity index (χ3n) is 5.82. The fraction of sp³-hybridized carbons (Fsp3) is 0.455. The summed E-state index contributed by atoms with van der Waals surface area (Å²) in [5.41, 5.74) is 0.839. The van der Waals surface area contributed by atoms with Crippen molar-refractivity contribution in [3.8, 4) is 5.75 Å². The monoisotopic (exact) mass is 398 g/mol. The van der Waals surface area contributed by atoms with E-state index in [9.17, 15) is 9.59 Å². The van der Waals surface area contributed by atoms with E-state index in [2.05, 4.69) is 0 Å². The highest BCUT2D eigenvalue weighted by atomic mass is 32.1. The Labute approximate surface area is 169 Å². The van der Waals surface area contributed by atoms with Crippen LogP contribution in [0.4, 0.5) is 5.69 Å². The summed E-state index contributed by atoms with van der Waals surface area (Å²) in [7, 11) is 1.63. The molecule has 2 aliphatic rings. The Morgan fingerprint density at radius 1 is 1.21 bits per heavy atom. The quantitative estimate of drug-likeness (QED) is 0.737. The predicted molar refractivity (Wildman–Crippen MR) is 111 cm³/mol. The zero-order chi connectivity index (χ0) is 19.5. The molecule has 0 N–H and O–H groups in total. The second kappa shape index (κ2) is 8.35. The molecule has 1 aromatic carbocycles. The summed E-state index contributed by atoms with van der Waals surface area (Å²) >= 11 is 1.64. The topological polar surface area (TPSA) is 49.9 Å². The summed E-state index contributed by atoms with van der Waals surface area (Å²) in [6.07, 6.45) is 4.84. The molecule has 1 atom stereocenters. The first-order valence-corrected chi connectivity index (χ1v) is 10.8. The Bertz CT molecular complexity index is 813. The fourth-order valence-corrected chi connectivity index (χ4v) is 5.00. The second-order valence-electron chi connectivity index (χ2n) is 7.59. The molecule has 1 aliphatic heterocycles. The molecule has 0 radical (unpaired) electrons. The number of carbonyl (C=O) groups is 2. The number of rotatable bonds is 6. The van der Waals surface area contributed by atoms with Gasteiger partial charge in [-0.25, -0.2) is 0 Å². The van der Waals surface area contributed by atoms with Gasteiger partial charge >= 0.3 is 0 Å². The number of ether oxygens (including phenoxy) is 1. The molecule has 1 saturated carbocycles. The molecule has 4 rings (SSSR count). The number of likely N-dealkylation sites (tertiary alicyclic amines) is 1. The molecular weight excluding hydrogens is 372 g/mol. The first-order valence-electron chi connectivity index (χ1n) is 9.93. The van der Waals surface area contributed by atoms with Gasteiger partial charge in [0.2, 0.25) is 11.8 Å². The first-order chi connectivity index (χ1) is 13.7. The van der Waals surface area contributed by atoms with Crippen LogP contribution in [0.15, 0.2) is 41.8 Å². The average molecular weight is 399 g/mol. The molecule has 148 valence electrons. The molecule has 2 heterocycles. The van der Waals surface area contributed by atoms with Gasteiger partial charge in [-0.15, -0.1) is 11.3 Å². The zero-order valence-corrected chi connectivity index (χ0v) is 17.0. The van der Waals surface area contributed by atoms with Crippen molar-refractivity contribution in [1.82, 2.24) is 4.90 Å². The van der Waals surface area contributed by atoms with Crippen molar-refractivity contribution in [3.05, 3.63) is 46.7 Å². The molecular formula is C22H26N2O3S. The van der Waals surface area contributed by atoms with Crippen LogP contribution in [0, 0.1) is 5.92 Å². The first kappa shape index (κ1) is 19.0. The van der Waals surface area contributed by atoms with Gasteiger partial charge in [-0.1, -0.05) is 18.9 Å². The predicted octanol–water partition coefficient (Wildman–Crippen LogP) is 4.08. The van der Waals surface area contributed by atoms with Gasteiger partial charge in [-0.2, -0.15) is 0 Å². The normalized spacial score (nSPS) is 20.0. The number of carbonyl (C=O) groups excluding carboxylic acids is 2. The van der Waals surface area contributed by atoms with Crippen LogP contribution in [0.2, 0.25) is 0 Å². The Morgan fingerprint density at radius 3 is 2.61 bits per heavy atom. The van der Waals surface area contributed by atoms with E-state index < -0.39 is 0 Å². The molecule has 2 aromatic rings. The molecule has 2 amide bonds. The molecule has 2 fully saturated rings. The lowest BCUT2D eigenvalue weighted by Gasteiger charge is -2.27. The van der Waals surface area contributed by atoms with Gasteiger partial charge in [0.05, 0.1) is 19.6 Å². The third kappa shape index (κ3) is 3.92. The van der Waals surface area contributed by atoms with Crippen molar-refractivity contribution in [1.29, 1.82) is 0 Å². The van der Waals surface area contributed by atoms with E-state index in [4.69, 9.17) is 4.74 Å². The maximum atomic E-state index is 13.5. The molecule has 28 heavy (non-hydrogen) atoms. The van der Waals surface area contributed by atoms with Crippen LogP contribution >= 0.6 is 11.3 Å². The lowest BCUT2D eigenvalue weighted by molar-refractivity contribution is -0.130. The molecule has 0 spiro atoms. The summed E-state index contributed by atoms with van der Waals surface area (Å²) in [5, 5.41) is 2.02. The minimum atomic E-state index is -0.268. The molecule has 0 bridgehead atoms. The fourth-order valence-electron chi connectivity index (χ4n) is 4.30. The number of thiophene rings is 1. The van der Waals surface area contributed by atoms with Gasteiger partial charge in [0.25, 0.3) is 0 Å². The average Bonchev–Trinajstić information content (AvgIpc) is 3.47. The smallest absolute Gasteiger partial charge is 0.232 e. The van der Waals surface area contributed by atoms with Crippen molar-refractivity contribution in [3.63, 3.8) is 0 Å². The van der Waals surface area contributed by atoms with E-state index in [1.54, 1.807) is 18.4 Å². The van der Waals surface area contributed by atoms with Crippen LogP contribution in [0.25, 0.3) is 0 Å². The third-order valence-corrected chi connectivity index (χ3v) is 6.68. The number of hydrogen-bond donors (Lipinski definition) is 0. The van der Waals surface area contributed by atoms with Gasteiger partial charge in [-0.3, -0.25) is 9.59 Å². The van der Waals surface area contributed by atoms with E-state index in [0.717, 1.165) is 29.2 Å². The lowest BCUT2D eigenvalue weighted by atomic mass is 10.1. The van der Waals surface area contributed by atoms with Crippen molar-refractivity contribution >= 4 is 28.8 Å². The lowest BCUT2D eigenvalue weighted by Crippen LogP contribution is -2.39. The maximum Gasteiger partial charge on any atom is 0.232 e. The van der Waals surface area contributed by atoms with E-state index >= 15 is 0 Å². The Kier molecular flexibility index (Phi) is 5.67. The van der Waals surface area contributed by atoms with E-state index in [-0.39, 0.29) is 17.7 Å². The molecule has 1 saturated heterocycles. The number of nitrogens with zero attached hydrogens (tertiary/aromatic N) is 2. The summed E-state index contributed by atoms with van der Waals surface area (Å²) in [6, 6.07) is 11.9. The number of benzene rings is 1. The number of methoxy groups -OCH3 is 1. The summed E-state index contributed by atoms with van der Waals surface area (Å²) in [5.74, 6) is 0.661. The number of amides is 2.